The van der Waals surface area contributed by atoms with Gasteiger partial charge >= 0.3 is 0 Å². The van der Waals surface area contributed by atoms with Crippen molar-refractivity contribution in [2.45, 2.75) is 69.9 Å². The maximum atomic E-state index is 12.7. The van der Waals surface area contributed by atoms with Crippen LogP contribution in [0.5, 0.6) is 0 Å². The summed E-state index contributed by atoms with van der Waals surface area (Å²) in [5, 5.41) is 0. The van der Waals surface area contributed by atoms with E-state index >= 15 is 0 Å². The number of carbonyl (C=O) groups excluding carboxylic acids is 2. The fourth-order valence-corrected chi connectivity index (χ4v) is 5.29. The van der Waals surface area contributed by atoms with E-state index in [0.717, 1.165) is 62.8 Å². The molecule has 3 heterocycles. The number of aromatic nitrogens is 1. The van der Waals surface area contributed by atoms with Crippen molar-refractivity contribution in [1.82, 2.24) is 9.88 Å². The lowest BCUT2D eigenvalue weighted by Gasteiger charge is -2.35. The van der Waals surface area contributed by atoms with Crippen LogP contribution < -0.4 is 0 Å². The standard InChI is InChI=1S/C24H26N2O2/c27-23(14-4-5-14)13-17-12-21(20-2-1-3-22(20)25-17)16-10-18-8-9-19(11-16)26(18)24(28)15-6-7-15/h1-2,10,12,14-15,18-19H,3-9,11,13H2. The van der Waals surface area contributed by atoms with E-state index < -0.39 is 0 Å². The first-order chi connectivity index (χ1) is 13.7. The number of Topliss-reactive ketones (excluding diaryl/α,β-unsaturated/α-hetero) is 1. The molecule has 1 aromatic heterocycles. The van der Waals surface area contributed by atoms with Crippen LogP contribution in [0.4, 0.5) is 0 Å². The Morgan fingerprint density at radius 1 is 1.07 bits per heavy atom. The summed E-state index contributed by atoms with van der Waals surface area (Å²) in [5.41, 5.74) is 5.89. The molecule has 1 saturated heterocycles. The van der Waals surface area contributed by atoms with Crippen molar-refractivity contribution in [2.75, 3.05) is 0 Å². The number of pyridine rings is 1. The molecule has 3 aliphatic carbocycles. The Labute approximate surface area is 165 Å². The SMILES string of the molecule is O=C(Cc1cc(C2=CC3CCC(C2)N3C(=O)C2CC2)c2c(n1)CC=C2)C1CC1. The summed E-state index contributed by atoms with van der Waals surface area (Å²) in [5.74, 6) is 1.32. The number of fused-ring (bicyclic) bond motifs is 3. The average Bonchev–Trinajstić information content (AvgIpc) is 3.60. The molecule has 0 spiro atoms. The summed E-state index contributed by atoms with van der Waals surface area (Å²) in [6.45, 7) is 0. The number of rotatable bonds is 5. The monoisotopic (exact) mass is 374 g/mol. The third kappa shape index (κ3) is 2.76. The van der Waals surface area contributed by atoms with Gasteiger partial charge in [0.05, 0.1) is 11.7 Å². The van der Waals surface area contributed by atoms with Gasteiger partial charge in [-0.05, 0) is 62.1 Å². The van der Waals surface area contributed by atoms with Crippen molar-refractivity contribution in [2.24, 2.45) is 11.8 Å². The summed E-state index contributed by atoms with van der Waals surface area (Å²) in [6, 6.07) is 2.77. The van der Waals surface area contributed by atoms with Crippen LogP contribution in [0.2, 0.25) is 0 Å². The second-order valence-corrected chi connectivity index (χ2v) is 9.26. The number of amides is 1. The van der Waals surface area contributed by atoms with E-state index in [-0.39, 0.29) is 12.0 Å². The topological polar surface area (TPSA) is 50.3 Å². The van der Waals surface area contributed by atoms with Gasteiger partial charge in [0.1, 0.15) is 5.78 Å². The zero-order valence-electron chi connectivity index (χ0n) is 16.2. The fourth-order valence-electron chi connectivity index (χ4n) is 5.29. The van der Waals surface area contributed by atoms with Gasteiger partial charge in [0.2, 0.25) is 5.91 Å². The van der Waals surface area contributed by atoms with Crippen LogP contribution >= 0.6 is 0 Å². The van der Waals surface area contributed by atoms with Gasteiger partial charge in [0.15, 0.2) is 0 Å². The maximum absolute atomic E-state index is 12.7. The van der Waals surface area contributed by atoms with Gasteiger partial charge in [-0.3, -0.25) is 14.6 Å². The van der Waals surface area contributed by atoms with E-state index in [2.05, 4.69) is 29.2 Å². The lowest BCUT2D eigenvalue weighted by Crippen LogP contribution is -2.43. The van der Waals surface area contributed by atoms with Crippen molar-refractivity contribution in [1.29, 1.82) is 0 Å². The molecule has 0 N–H and O–H groups in total. The Morgan fingerprint density at radius 2 is 1.89 bits per heavy atom. The van der Waals surface area contributed by atoms with E-state index in [0.29, 0.717) is 30.1 Å². The molecule has 2 saturated carbocycles. The second-order valence-electron chi connectivity index (χ2n) is 9.26. The van der Waals surface area contributed by atoms with Crippen LogP contribution in [0.15, 0.2) is 18.2 Å². The van der Waals surface area contributed by atoms with E-state index in [4.69, 9.17) is 4.98 Å². The summed E-state index contributed by atoms with van der Waals surface area (Å²) >= 11 is 0. The quantitative estimate of drug-likeness (QED) is 0.789. The Hall–Kier alpha value is -2.23. The number of hydrogen-bond acceptors (Lipinski definition) is 3. The largest absolute Gasteiger partial charge is 0.333 e. The highest BCUT2D eigenvalue weighted by Gasteiger charge is 2.44. The molecule has 2 unspecified atom stereocenters. The van der Waals surface area contributed by atoms with Crippen molar-refractivity contribution in [3.8, 4) is 0 Å². The molecule has 28 heavy (non-hydrogen) atoms. The molecule has 4 heteroatoms. The molecule has 0 radical (unpaired) electrons. The zero-order valence-corrected chi connectivity index (χ0v) is 16.2. The highest BCUT2D eigenvalue weighted by Crippen LogP contribution is 2.44. The Kier molecular flexibility index (Phi) is 3.66. The normalized spacial score (nSPS) is 27.7. The van der Waals surface area contributed by atoms with Crippen LogP contribution in [0.25, 0.3) is 11.6 Å². The van der Waals surface area contributed by atoms with Crippen LogP contribution in [0, 0.1) is 11.8 Å². The minimum Gasteiger partial charge on any atom is -0.333 e. The third-order valence-electron chi connectivity index (χ3n) is 7.10. The molecule has 1 amide bonds. The maximum Gasteiger partial charge on any atom is 0.226 e. The number of hydrogen-bond donors (Lipinski definition) is 0. The van der Waals surface area contributed by atoms with Crippen LogP contribution in [-0.2, 0) is 22.4 Å². The van der Waals surface area contributed by atoms with E-state index in [1.54, 1.807) is 0 Å². The summed E-state index contributed by atoms with van der Waals surface area (Å²) in [7, 11) is 0. The predicted octanol–water partition coefficient (Wildman–Crippen LogP) is 3.73. The Morgan fingerprint density at radius 3 is 2.64 bits per heavy atom. The van der Waals surface area contributed by atoms with Crippen LogP contribution in [-0.4, -0.2) is 33.7 Å². The van der Waals surface area contributed by atoms with Gasteiger partial charge in [0.25, 0.3) is 0 Å². The molecular formula is C24H26N2O2. The first-order valence-corrected chi connectivity index (χ1v) is 10.9. The van der Waals surface area contributed by atoms with Crippen molar-refractivity contribution in [3.05, 3.63) is 40.7 Å². The zero-order chi connectivity index (χ0) is 18.8. The molecular weight excluding hydrogens is 348 g/mol. The molecule has 144 valence electrons. The van der Waals surface area contributed by atoms with E-state index in [1.807, 2.05) is 0 Å². The molecule has 4 nitrogen and oxygen atoms in total. The molecule has 3 fully saturated rings. The Bertz CT molecular complexity index is 936. The molecule has 1 aromatic rings. The Balaban J connectivity index is 1.34. The lowest BCUT2D eigenvalue weighted by atomic mass is 9.90. The van der Waals surface area contributed by atoms with Crippen LogP contribution in [0.1, 0.15) is 67.5 Å². The van der Waals surface area contributed by atoms with E-state index in [1.165, 1.54) is 16.7 Å². The molecule has 2 atom stereocenters. The molecule has 5 aliphatic rings. The first-order valence-electron chi connectivity index (χ1n) is 10.9. The van der Waals surface area contributed by atoms with Crippen LogP contribution in [0.3, 0.4) is 0 Å². The summed E-state index contributed by atoms with van der Waals surface area (Å²) < 4.78 is 0. The van der Waals surface area contributed by atoms with Crippen molar-refractivity contribution >= 4 is 23.3 Å². The molecule has 0 aromatic carbocycles. The minimum atomic E-state index is 0.257. The molecule has 6 rings (SSSR count). The van der Waals surface area contributed by atoms with Gasteiger partial charge in [-0.2, -0.15) is 0 Å². The second kappa shape index (κ2) is 6.13. The molecule has 2 bridgehead atoms. The third-order valence-corrected chi connectivity index (χ3v) is 7.10. The van der Waals surface area contributed by atoms with Crippen molar-refractivity contribution in [3.63, 3.8) is 0 Å². The van der Waals surface area contributed by atoms with Gasteiger partial charge < -0.3 is 4.90 Å². The van der Waals surface area contributed by atoms with Gasteiger partial charge in [-0.25, -0.2) is 0 Å². The number of ketones is 1. The van der Waals surface area contributed by atoms with Crippen molar-refractivity contribution < 1.29 is 9.59 Å². The summed E-state index contributed by atoms with van der Waals surface area (Å²) in [6.07, 6.45) is 15.4. The lowest BCUT2D eigenvalue weighted by molar-refractivity contribution is -0.134. The number of carbonyl (C=O) groups is 2. The minimum absolute atomic E-state index is 0.257. The van der Waals surface area contributed by atoms with E-state index in [9.17, 15) is 9.59 Å². The van der Waals surface area contributed by atoms with Gasteiger partial charge in [-0.1, -0.05) is 18.2 Å². The van der Waals surface area contributed by atoms with Gasteiger partial charge in [0, 0.05) is 42.0 Å². The highest BCUT2D eigenvalue weighted by molar-refractivity contribution is 5.87. The van der Waals surface area contributed by atoms with Gasteiger partial charge in [-0.15, -0.1) is 0 Å². The smallest absolute Gasteiger partial charge is 0.226 e. The summed E-state index contributed by atoms with van der Waals surface area (Å²) in [4.78, 5) is 32.1. The average molecular weight is 374 g/mol. The molecule has 2 aliphatic heterocycles. The fraction of sp³-hybridized carbons (Fsp3) is 0.542. The number of allylic oxidation sites excluding steroid dienone is 1. The number of nitrogens with zero attached hydrogens (tertiary/aromatic N) is 2. The predicted molar refractivity (Wildman–Crippen MR) is 107 cm³/mol. The first kappa shape index (κ1) is 16.7. The highest BCUT2D eigenvalue weighted by atomic mass is 16.2.